The second kappa shape index (κ2) is 34.2. The Hall–Kier alpha value is -5.19. The summed E-state index contributed by atoms with van der Waals surface area (Å²) in [5, 5.41) is 0. The Labute approximate surface area is 638 Å². The second-order valence-corrected chi connectivity index (χ2v) is 37.1. The average molecular weight is 1500 g/mol. The van der Waals surface area contributed by atoms with Crippen LogP contribution < -0.4 is 24.8 Å². The number of allylic oxidation sites excluding steroid dienone is 8. The summed E-state index contributed by atoms with van der Waals surface area (Å²) in [7, 11) is 0. The maximum Gasteiger partial charge on any atom is -0.109 e. The van der Waals surface area contributed by atoms with E-state index in [2.05, 4.69) is 360 Å². The molecule has 12 rings (SSSR count). The van der Waals surface area contributed by atoms with Crippen LogP contribution in [-0.2, 0) is 105 Å². The van der Waals surface area contributed by atoms with E-state index in [0.717, 1.165) is 25.7 Å². The fourth-order valence-corrected chi connectivity index (χ4v) is 13.3. The molecule has 0 unspecified atom stereocenters. The molecule has 98 heavy (non-hydrogen) atoms. The molecule has 0 atom stereocenters. The largest absolute Gasteiger partial charge is 1.00 e. The molecule has 0 N–H and O–H groups in total. The third-order valence-corrected chi connectivity index (χ3v) is 21.1. The molecule has 0 saturated carbocycles. The Bertz CT molecular complexity index is 3550. The Kier molecular flexibility index (Phi) is 29.1. The zero-order valence-corrected chi connectivity index (χ0v) is 70.5. The summed E-state index contributed by atoms with van der Waals surface area (Å²) in [5.41, 5.74) is 29.2. The van der Waals surface area contributed by atoms with Gasteiger partial charge >= 0.3 is 301 Å². The molecule has 0 saturated heterocycles. The number of rotatable bonds is 4. The van der Waals surface area contributed by atoms with Crippen LogP contribution in [0.25, 0.3) is 22.3 Å². The molecule has 8 aromatic rings. The summed E-state index contributed by atoms with van der Waals surface area (Å²) in [6, 6.07) is 66.6. The van der Waals surface area contributed by atoms with E-state index < -0.39 is 0 Å². The molecule has 4 aliphatic carbocycles. The van der Waals surface area contributed by atoms with E-state index in [1.165, 1.54) is 166 Å². The maximum absolute atomic E-state index is 3.67. The van der Waals surface area contributed by atoms with Crippen LogP contribution in [-0.4, -0.2) is 6.41 Å². The Balaban J connectivity index is 0.000000223. The first-order chi connectivity index (χ1) is 44.5. The van der Waals surface area contributed by atoms with Gasteiger partial charge in [0.15, 0.2) is 0 Å². The second-order valence-electron chi connectivity index (χ2n) is 34.7. The van der Waals surface area contributed by atoms with E-state index in [0.29, 0.717) is 0 Å². The molecule has 0 spiro atoms. The number of hydrogen-bond acceptors (Lipinski definition) is 0. The first-order valence-electron chi connectivity index (χ1n) is 34.9. The van der Waals surface area contributed by atoms with E-state index in [1.807, 2.05) is 24.3 Å². The molecule has 0 bridgehead atoms. The quantitative estimate of drug-likeness (QED) is 0.154. The van der Waals surface area contributed by atoms with Crippen LogP contribution in [0.15, 0.2) is 194 Å². The van der Waals surface area contributed by atoms with Crippen molar-refractivity contribution in [3.8, 4) is 22.3 Å². The van der Waals surface area contributed by atoms with Gasteiger partial charge in [0, 0.05) is 0 Å². The normalized spacial score (nSPS) is 13.3. The predicted octanol–water partition coefficient (Wildman–Crippen LogP) is 18.7. The minimum atomic E-state index is 0. The molecule has 0 aliphatic heterocycles. The van der Waals surface area contributed by atoms with Gasteiger partial charge in [-0.2, -0.15) is 59.7 Å². The predicted molar refractivity (Wildman–Crippen MR) is 412 cm³/mol. The number of halogens is 2. The molecule has 0 fully saturated rings. The summed E-state index contributed by atoms with van der Waals surface area (Å²) >= 11 is 2.92. The summed E-state index contributed by atoms with van der Waals surface area (Å²) in [5.74, 6) is 0. The molecule has 0 radical (unpaired) electrons. The van der Waals surface area contributed by atoms with Crippen LogP contribution >= 0.6 is 0 Å². The van der Waals surface area contributed by atoms with Gasteiger partial charge in [-0.05, 0) is 56.8 Å². The van der Waals surface area contributed by atoms with Gasteiger partial charge < -0.3 is 24.8 Å². The molecule has 0 nitrogen and oxygen atoms in total. The SMILES string of the molecule is CC(C)(C)c1[c-]c2c(cc1)-c1ccc(C(C)(C)C)cc1C2.CC(C)(C)c1[c-]c2c(cc1)-c1ccc(C(C)(C)C)cc1C2.CC(C)(C)c1ccc([C](=[Zr+2])c2ccc(C(C)(C)C)cc2)cc1.CC(C)(C)c1ccc([C](=[Zr+2])c2ccc(C(C)(C)C)cc2)cc1.[C-]1=CC=CC1.[C-]1=CC=CC1.[Cl-].[Cl-]. The van der Waals surface area contributed by atoms with Gasteiger partial charge in [0.25, 0.3) is 0 Å². The van der Waals surface area contributed by atoms with E-state index >= 15 is 0 Å². The summed E-state index contributed by atoms with van der Waals surface area (Å²) in [6.45, 7) is 54.3. The van der Waals surface area contributed by atoms with Crippen LogP contribution in [0.2, 0.25) is 0 Å². The Morgan fingerprint density at radius 1 is 0.286 bits per heavy atom. The van der Waals surface area contributed by atoms with Gasteiger partial charge in [-0.25, -0.2) is 24.3 Å². The molecule has 0 aromatic heterocycles. The monoisotopic (exact) mass is 1490 g/mol. The van der Waals surface area contributed by atoms with Gasteiger partial charge in [-0.15, -0.1) is 35.1 Å². The smallest absolute Gasteiger partial charge is 0.109 e. The summed E-state index contributed by atoms with van der Waals surface area (Å²) in [4.78, 5) is 0. The molecule has 8 aromatic carbocycles. The van der Waals surface area contributed by atoms with Crippen molar-refractivity contribution in [3.63, 3.8) is 0 Å². The number of benzene rings is 8. The van der Waals surface area contributed by atoms with Gasteiger partial charge in [0.1, 0.15) is 0 Å². The fourth-order valence-electron chi connectivity index (χ4n) is 11.6. The molecule has 512 valence electrons. The summed E-state index contributed by atoms with van der Waals surface area (Å²) in [6.07, 6.45) is 22.1. The van der Waals surface area contributed by atoms with E-state index in [1.54, 1.807) is 0 Å². The van der Waals surface area contributed by atoms with Gasteiger partial charge in [-0.1, -0.05) is 131 Å². The average Bonchev–Trinajstić information content (AvgIpc) is 1.62. The molecule has 4 heteroatoms. The number of hydrogen-bond donors (Lipinski definition) is 0. The fraction of sp³-hybridized carbons (Fsp3) is 0.383. The maximum atomic E-state index is 3.67. The molecular formula is C94H112Cl2Zr2-2. The van der Waals surface area contributed by atoms with E-state index in [4.69, 9.17) is 0 Å². The standard InChI is InChI=1S/2C21H25.2C21H26.2C5H5.2ClH.2Zr/c2*1-20(2,3)16-7-9-18-14(12-16)11-15-13-17(21(4,5)6)8-10-19(15)18;2*1-20(2,3)18-11-7-16(8-12-18)15-17-9-13-19(14-10-17)21(4,5)6;2*1-2-4-5-3-1;;;;/h2*7-10,12H,11H2,1-6H3;2*7-14H,1-6H3;2*1-3H,4H2;2*1H;;/q2*-1;;;2*-1;;;2*+2/p-2. The minimum absolute atomic E-state index is 0. The molecule has 4 aliphatic rings. The third kappa shape index (κ3) is 23.4. The van der Waals surface area contributed by atoms with Gasteiger partial charge in [-0.3, -0.25) is 12.2 Å². The van der Waals surface area contributed by atoms with Crippen LogP contribution in [0.3, 0.4) is 0 Å². The molecule has 0 heterocycles. The molecular weight excluding hydrogens is 1380 g/mol. The first kappa shape index (κ1) is 83.5. The van der Waals surface area contributed by atoms with Gasteiger partial charge in [0.05, 0.1) is 0 Å². The van der Waals surface area contributed by atoms with Crippen LogP contribution in [0, 0.1) is 24.3 Å². The van der Waals surface area contributed by atoms with Crippen LogP contribution in [0.5, 0.6) is 0 Å². The topological polar surface area (TPSA) is 0 Å². The van der Waals surface area contributed by atoms with Crippen LogP contribution in [0.4, 0.5) is 0 Å². The van der Waals surface area contributed by atoms with Gasteiger partial charge in [0.2, 0.25) is 0 Å². The van der Waals surface area contributed by atoms with Crippen LogP contribution in [0.1, 0.15) is 268 Å². The van der Waals surface area contributed by atoms with Crippen molar-refractivity contribution >= 4 is 6.41 Å². The first-order valence-corrected chi connectivity index (χ1v) is 37.4. The molecule has 0 amide bonds. The van der Waals surface area contributed by atoms with Crippen molar-refractivity contribution in [3.05, 3.63) is 307 Å². The van der Waals surface area contributed by atoms with Crippen molar-refractivity contribution in [2.24, 2.45) is 0 Å². The zero-order valence-electron chi connectivity index (χ0n) is 64.1. The third-order valence-electron chi connectivity index (χ3n) is 18.3. The summed E-state index contributed by atoms with van der Waals surface area (Å²) < 4.78 is 2.85. The van der Waals surface area contributed by atoms with E-state index in [-0.39, 0.29) is 68.1 Å². The Morgan fingerprint density at radius 3 is 0.714 bits per heavy atom. The van der Waals surface area contributed by atoms with Crippen molar-refractivity contribution in [1.82, 2.24) is 0 Å². The van der Waals surface area contributed by atoms with Crippen molar-refractivity contribution in [1.29, 1.82) is 0 Å². The van der Waals surface area contributed by atoms with E-state index in [9.17, 15) is 0 Å². The van der Waals surface area contributed by atoms with Crippen molar-refractivity contribution < 1.29 is 73.3 Å². The number of fused-ring (bicyclic) bond motifs is 6. The Morgan fingerprint density at radius 2 is 0.520 bits per heavy atom. The van der Waals surface area contributed by atoms with Crippen molar-refractivity contribution in [2.45, 2.75) is 235 Å². The minimum Gasteiger partial charge on any atom is -1.00 e. The van der Waals surface area contributed by atoms with Crippen molar-refractivity contribution in [2.75, 3.05) is 0 Å². The zero-order chi connectivity index (χ0) is 71.0.